The van der Waals surface area contributed by atoms with Gasteiger partial charge in [0.1, 0.15) is 29.8 Å². The molecule has 0 unspecified atom stereocenters. The molecule has 2 N–H and O–H groups in total. The summed E-state index contributed by atoms with van der Waals surface area (Å²) in [6.45, 7) is 0.663. The fraction of sp³-hybridized carbons (Fsp3) is 0.188. The van der Waals surface area contributed by atoms with Crippen molar-refractivity contribution in [2.45, 2.75) is 0 Å². The summed E-state index contributed by atoms with van der Waals surface area (Å²) in [5, 5.41) is 13.3. The molecule has 1 aliphatic carbocycles. The Morgan fingerprint density at radius 1 is 1.25 bits per heavy atom. The summed E-state index contributed by atoms with van der Waals surface area (Å²) in [4.78, 5) is 25.2. The number of nitrogens with two attached hydrogens (primary N) is 1. The van der Waals surface area contributed by atoms with E-state index in [0.717, 1.165) is 11.1 Å². The summed E-state index contributed by atoms with van der Waals surface area (Å²) in [6, 6.07) is 9.19. The molecule has 0 saturated heterocycles. The lowest BCUT2D eigenvalue weighted by Gasteiger charge is -2.04. The van der Waals surface area contributed by atoms with Crippen molar-refractivity contribution in [3.05, 3.63) is 46.9 Å². The van der Waals surface area contributed by atoms with Gasteiger partial charge in [-0.25, -0.2) is 9.97 Å². The molecule has 3 rings (SSSR count). The predicted octanol–water partition coefficient (Wildman–Crippen LogP) is 0.843. The van der Waals surface area contributed by atoms with Gasteiger partial charge < -0.3 is 15.3 Å². The van der Waals surface area contributed by atoms with Crippen molar-refractivity contribution in [3.8, 4) is 17.3 Å². The molecule has 24 heavy (non-hydrogen) atoms. The normalized spacial score (nSPS) is 13.2. The first-order valence-electron chi connectivity index (χ1n) is 7.08. The number of carbonyl (C=O) groups is 1. The van der Waals surface area contributed by atoms with Crippen LogP contribution < -0.4 is 5.73 Å². The summed E-state index contributed by atoms with van der Waals surface area (Å²) in [5.41, 5.74) is 7.79. The van der Waals surface area contributed by atoms with Gasteiger partial charge in [0.2, 0.25) is 0 Å². The molecule has 8 nitrogen and oxygen atoms in total. The Kier molecular flexibility index (Phi) is 4.18. The zero-order chi connectivity index (χ0) is 17.1. The smallest absolute Gasteiger partial charge is 0.270 e. The molecule has 0 radical (unpaired) electrons. The van der Waals surface area contributed by atoms with Crippen molar-refractivity contribution < 1.29 is 14.4 Å². The van der Waals surface area contributed by atoms with Crippen LogP contribution in [0.1, 0.15) is 27.4 Å². The highest BCUT2D eigenvalue weighted by atomic mass is 16.6. The summed E-state index contributed by atoms with van der Waals surface area (Å²) in [7, 11) is 1.56. The molecule has 0 fully saturated rings. The van der Waals surface area contributed by atoms with Gasteiger partial charge in [-0.3, -0.25) is 4.79 Å². The number of ether oxygens (including phenoxy) is 1. The zero-order valence-corrected chi connectivity index (χ0v) is 12.8. The van der Waals surface area contributed by atoms with Gasteiger partial charge in [-0.15, -0.1) is 0 Å². The summed E-state index contributed by atoms with van der Waals surface area (Å²) in [5.74, 6) is -0.805. The van der Waals surface area contributed by atoms with Gasteiger partial charge in [0.25, 0.3) is 5.91 Å². The highest BCUT2D eigenvalue weighted by Gasteiger charge is 2.31. The quantitative estimate of drug-likeness (QED) is 0.548. The number of carbonyl (C=O) groups excluding carboxylic acids is 1. The van der Waals surface area contributed by atoms with E-state index in [4.69, 9.17) is 15.3 Å². The maximum absolute atomic E-state index is 11.5. The van der Waals surface area contributed by atoms with Gasteiger partial charge in [-0.2, -0.15) is 5.26 Å². The molecule has 1 amide bonds. The zero-order valence-electron chi connectivity index (χ0n) is 12.8. The molecule has 1 aromatic heterocycles. The van der Waals surface area contributed by atoms with Crippen molar-refractivity contribution >= 4 is 11.6 Å². The van der Waals surface area contributed by atoms with Crippen LogP contribution in [0.15, 0.2) is 29.4 Å². The number of benzene rings is 1. The molecular weight excluding hydrogens is 310 g/mol. The Labute approximate surface area is 137 Å². The number of aromatic nitrogens is 2. The molecule has 2 aromatic rings. The SMILES string of the molecule is COCCON=C1c2ccccc2-c2nc(C(N)=O)c(C#N)nc21. The van der Waals surface area contributed by atoms with Gasteiger partial charge in [-0.05, 0) is 0 Å². The van der Waals surface area contributed by atoms with E-state index in [-0.39, 0.29) is 18.0 Å². The van der Waals surface area contributed by atoms with E-state index in [0.29, 0.717) is 23.7 Å². The highest BCUT2D eigenvalue weighted by Crippen LogP contribution is 2.35. The van der Waals surface area contributed by atoms with Crippen LogP contribution in [0.25, 0.3) is 11.3 Å². The number of amides is 1. The van der Waals surface area contributed by atoms with Crippen molar-refractivity contribution in [2.75, 3.05) is 20.3 Å². The van der Waals surface area contributed by atoms with E-state index >= 15 is 0 Å². The van der Waals surface area contributed by atoms with E-state index in [2.05, 4.69) is 15.1 Å². The lowest BCUT2D eigenvalue weighted by atomic mass is 10.1. The first-order valence-corrected chi connectivity index (χ1v) is 7.08. The second-order valence-electron chi connectivity index (χ2n) is 4.91. The molecule has 8 heteroatoms. The topological polar surface area (TPSA) is 123 Å². The van der Waals surface area contributed by atoms with Crippen molar-refractivity contribution in [3.63, 3.8) is 0 Å². The molecule has 1 heterocycles. The van der Waals surface area contributed by atoms with Crippen LogP contribution in [0, 0.1) is 11.3 Å². The van der Waals surface area contributed by atoms with Gasteiger partial charge in [0.05, 0.1) is 6.61 Å². The van der Waals surface area contributed by atoms with Gasteiger partial charge in [0, 0.05) is 18.2 Å². The van der Waals surface area contributed by atoms with Crippen LogP contribution in [0.5, 0.6) is 0 Å². The number of nitrogens with zero attached hydrogens (tertiary/aromatic N) is 4. The standard InChI is InChI=1S/C16H13N5O3/c1-23-6-7-24-21-13-10-5-3-2-4-9(10)12-15(13)19-11(8-17)14(20-12)16(18)22/h2-5H,6-7H2,1H3,(H2,18,22). The summed E-state index contributed by atoms with van der Waals surface area (Å²) < 4.78 is 4.91. The van der Waals surface area contributed by atoms with Crippen molar-refractivity contribution in [1.29, 1.82) is 5.26 Å². The minimum absolute atomic E-state index is 0.140. The molecule has 1 aromatic carbocycles. The van der Waals surface area contributed by atoms with Crippen molar-refractivity contribution in [2.24, 2.45) is 10.9 Å². The minimum Gasteiger partial charge on any atom is -0.393 e. The first kappa shape index (κ1) is 15.6. The Balaban J connectivity index is 2.15. The number of fused-ring (bicyclic) bond motifs is 3. The molecule has 0 saturated carbocycles. The number of methoxy groups -OCH3 is 1. The van der Waals surface area contributed by atoms with E-state index in [1.165, 1.54) is 0 Å². The van der Waals surface area contributed by atoms with Gasteiger partial charge >= 0.3 is 0 Å². The Morgan fingerprint density at radius 2 is 2.00 bits per heavy atom. The third-order valence-corrected chi connectivity index (χ3v) is 3.43. The van der Waals surface area contributed by atoms with E-state index < -0.39 is 5.91 Å². The largest absolute Gasteiger partial charge is 0.393 e. The Hall–Kier alpha value is -3.31. The predicted molar refractivity (Wildman–Crippen MR) is 84.2 cm³/mol. The molecule has 0 spiro atoms. The maximum Gasteiger partial charge on any atom is 0.270 e. The average Bonchev–Trinajstić information content (AvgIpc) is 2.90. The van der Waals surface area contributed by atoms with Gasteiger partial charge in [0.15, 0.2) is 11.4 Å². The first-order chi connectivity index (χ1) is 11.7. The van der Waals surface area contributed by atoms with Crippen molar-refractivity contribution in [1.82, 2.24) is 9.97 Å². The van der Waals surface area contributed by atoms with E-state index in [9.17, 15) is 10.1 Å². The van der Waals surface area contributed by atoms with Crippen LogP contribution in [-0.4, -0.2) is 41.9 Å². The average molecular weight is 323 g/mol. The third kappa shape index (κ3) is 2.57. The third-order valence-electron chi connectivity index (χ3n) is 3.43. The second kappa shape index (κ2) is 6.44. The monoisotopic (exact) mass is 323 g/mol. The number of rotatable bonds is 5. The Morgan fingerprint density at radius 3 is 2.67 bits per heavy atom. The Bertz CT molecular complexity index is 886. The summed E-state index contributed by atoms with van der Waals surface area (Å²) in [6.07, 6.45) is 0. The molecule has 0 bridgehead atoms. The fourth-order valence-corrected chi connectivity index (χ4v) is 2.38. The minimum atomic E-state index is -0.805. The van der Waals surface area contributed by atoms with Crippen LogP contribution in [-0.2, 0) is 9.57 Å². The maximum atomic E-state index is 11.5. The molecule has 1 aliphatic rings. The number of nitriles is 1. The van der Waals surface area contributed by atoms with Crippen LogP contribution in [0.3, 0.4) is 0 Å². The summed E-state index contributed by atoms with van der Waals surface area (Å²) >= 11 is 0. The lowest BCUT2D eigenvalue weighted by molar-refractivity contribution is 0.0753. The molecule has 120 valence electrons. The number of hydrogen-bond donors (Lipinski definition) is 1. The van der Waals surface area contributed by atoms with E-state index in [1.807, 2.05) is 30.3 Å². The fourth-order valence-electron chi connectivity index (χ4n) is 2.38. The van der Waals surface area contributed by atoms with Gasteiger partial charge in [-0.1, -0.05) is 29.4 Å². The molecular formula is C16H13N5O3. The number of hydrogen-bond acceptors (Lipinski definition) is 7. The molecule has 0 aliphatic heterocycles. The van der Waals surface area contributed by atoms with Crippen LogP contribution >= 0.6 is 0 Å². The van der Waals surface area contributed by atoms with E-state index in [1.54, 1.807) is 7.11 Å². The second-order valence-corrected chi connectivity index (χ2v) is 4.91. The lowest BCUT2D eigenvalue weighted by Crippen LogP contribution is -2.18. The highest BCUT2D eigenvalue weighted by molar-refractivity contribution is 6.22. The number of oxime groups is 1. The van der Waals surface area contributed by atoms with Crippen LogP contribution in [0.2, 0.25) is 0 Å². The van der Waals surface area contributed by atoms with Crippen LogP contribution in [0.4, 0.5) is 0 Å². The molecule has 0 atom stereocenters. The number of primary amides is 1.